The second kappa shape index (κ2) is 14.1. The van der Waals surface area contributed by atoms with E-state index < -0.39 is 54.6 Å². The topological polar surface area (TPSA) is 142 Å². The number of rotatable bonds is 10. The molecule has 0 saturated heterocycles. The van der Waals surface area contributed by atoms with E-state index in [0.717, 1.165) is 12.1 Å². The molecule has 2 heterocycles. The van der Waals surface area contributed by atoms with Crippen LogP contribution in [-0.2, 0) is 11.4 Å². The normalized spacial score (nSPS) is 12.6. The SMILES string of the molecule is Cc1nc2c(OCc3c(F)cccc3F)cc(Cl)cn2c1C(=O)NCC(C)(CCCF)NC(=O)O.O=C(O)C(F)(F)F. The third-order valence-corrected chi connectivity index (χ3v) is 5.84. The molecule has 10 nitrogen and oxygen atoms in total. The zero-order valence-corrected chi connectivity index (χ0v) is 22.7. The van der Waals surface area contributed by atoms with Gasteiger partial charge in [0.2, 0.25) is 0 Å². The number of fused-ring (bicyclic) bond motifs is 1. The monoisotopic (exact) mass is 626 g/mol. The number of aryl methyl sites for hydroxylation is 1. The average molecular weight is 627 g/mol. The minimum Gasteiger partial charge on any atom is -0.485 e. The van der Waals surface area contributed by atoms with E-state index in [-0.39, 0.29) is 47.1 Å². The lowest BCUT2D eigenvalue weighted by molar-refractivity contribution is -0.192. The number of carbonyl (C=O) groups is 3. The van der Waals surface area contributed by atoms with Crippen molar-refractivity contribution >= 4 is 35.2 Å². The zero-order valence-electron chi connectivity index (χ0n) is 22.0. The Morgan fingerprint density at radius 2 is 1.74 bits per heavy atom. The van der Waals surface area contributed by atoms with Gasteiger partial charge < -0.3 is 25.6 Å². The molecule has 2 aromatic heterocycles. The van der Waals surface area contributed by atoms with E-state index in [1.807, 2.05) is 0 Å². The molecule has 3 aromatic rings. The standard InChI is InChI=1S/C23H24ClF3N4O4.C2HF3O2/c1-13-19(21(32)28-12-23(2,7-4-8-25)30-22(33)34)31-10-14(24)9-18(20(31)29-13)35-11-15-16(26)5-3-6-17(15)27;3-2(4,5)1(6)7/h3,5-6,9-10,30H,4,7-8,11-12H2,1-2H3,(H,28,32)(H,33,34);(H,6,7). The van der Waals surface area contributed by atoms with E-state index >= 15 is 0 Å². The summed E-state index contributed by atoms with van der Waals surface area (Å²) in [6.07, 6.45) is -4.68. The molecule has 0 aliphatic heterocycles. The molecule has 0 saturated carbocycles. The lowest BCUT2D eigenvalue weighted by Crippen LogP contribution is -2.53. The molecule has 0 aliphatic carbocycles. The summed E-state index contributed by atoms with van der Waals surface area (Å²) in [4.78, 5) is 37.4. The molecule has 0 spiro atoms. The number of nitrogens with one attached hydrogen (secondary N) is 2. The maximum absolute atomic E-state index is 14.0. The molecule has 17 heteroatoms. The van der Waals surface area contributed by atoms with Gasteiger partial charge in [-0.15, -0.1) is 0 Å². The van der Waals surface area contributed by atoms with Crippen molar-refractivity contribution in [2.75, 3.05) is 13.2 Å². The lowest BCUT2D eigenvalue weighted by atomic mass is 9.96. The smallest absolute Gasteiger partial charge is 0.485 e. The van der Waals surface area contributed by atoms with Crippen LogP contribution in [0.15, 0.2) is 30.5 Å². The summed E-state index contributed by atoms with van der Waals surface area (Å²) in [6.45, 7) is 1.96. The molecule has 0 radical (unpaired) electrons. The number of aromatic nitrogens is 2. The molecule has 4 N–H and O–H groups in total. The van der Waals surface area contributed by atoms with E-state index in [9.17, 15) is 35.9 Å². The second-order valence-corrected chi connectivity index (χ2v) is 9.46. The van der Waals surface area contributed by atoms with Crippen molar-refractivity contribution in [3.8, 4) is 5.75 Å². The van der Waals surface area contributed by atoms with Gasteiger partial charge in [-0.05, 0) is 38.8 Å². The fourth-order valence-corrected chi connectivity index (χ4v) is 3.86. The molecular weight excluding hydrogens is 602 g/mol. The summed E-state index contributed by atoms with van der Waals surface area (Å²) in [5, 5.41) is 21.4. The Bertz CT molecular complexity index is 1430. The van der Waals surface area contributed by atoms with E-state index in [1.165, 1.54) is 22.7 Å². The van der Waals surface area contributed by atoms with Gasteiger partial charge >= 0.3 is 18.2 Å². The van der Waals surface area contributed by atoms with Crippen molar-refractivity contribution in [3.63, 3.8) is 0 Å². The predicted octanol–water partition coefficient (Wildman–Crippen LogP) is 5.29. The Balaban J connectivity index is 0.000000782. The lowest BCUT2D eigenvalue weighted by Gasteiger charge is -2.29. The number of carboxylic acid groups (broad SMARTS) is 2. The minimum absolute atomic E-state index is 0.0997. The molecule has 0 fully saturated rings. The van der Waals surface area contributed by atoms with Crippen molar-refractivity contribution in [1.82, 2.24) is 20.0 Å². The molecule has 0 aliphatic rings. The molecule has 42 heavy (non-hydrogen) atoms. The summed E-state index contributed by atoms with van der Waals surface area (Å²) in [5.41, 5.74) is -0.767. The van der Waals surface area contributed by atoms with Crippen molar-refractivity contribution in [2.24, 2.45) is 0 Å². The number of imidazole rings is 1. The summed E-state index contributed by atoms with van der Waals surface area (Å²) in [7, 11) is 0. The van der Waals surface area contributed by atoms with Crippen LogP contribution in [0.1, 0.15) is 41.5 Å². The van der Waals surface area contributed by atoms with Crippen LogP contribution in [0.5, 0.6) is 5.75 Å². The Labute approximate surface area is 239 Å². The third kappa shape index (κ3) is 9.15. The molecule has 2 amide bonds. The first-order valence-corrected chi connectivity index (χ1v) is 12.3. The van der Waals surface area contributed by atoms with E-state index in [0.29, 0.717) is 5.69 Å². The number of ether oxygens (including phenoxy) is 1. The number of halogens is 7. The number of carbonyl (C=O) groups excluding carboxylic acids is 1. The Kier molecular flexibility index (Phi) is 11.4. The predicted molar refractivity (Wildman–Crippen MR) is 136 cm³/mol. The number of amides is 2. The van der Waals surface area contributed by atoms with Crippen molar-refractivity contribution < 1.29 is 55.7 Å². The van der Waals surface area contributed by atoms with Gasteiger partial charge in [-0.3, -0.25) is 13.6 Å². The van der Waals surface area contributed by atoms with Gasteiger partial charge in [-0.25, -0.2) is 23.4 Å². The molecule has 230 valence electrons. The van der Waals surface area contributed by atoms with Gasteiger partial charge in [0.05, 0.1) is 28.5 Å². The third-order valence-electron chi connectivity index (χ3n) is 5.63. The van der Waals surface area contributed by atoms with Crippen LogP contribution in [0, 0.1) is 18.6 Å². The van der Waals surface area contributed by atoms with Crippen molar-refractivity contribution in [2.45, 2.75) is 45.0 Å². The first-order chi connectivity index (χ1) is 19.5. The molecule has 0 bridgehead atoms. The average Bonchev–Trinajstić information content (AvgIpc) is 3.21. The summed E-state index contributed by atoms with van der Waals surface area (Å²) in [6, 6.07) is 4.87. The summed E-state index contributed by atoms with van der Waals surface area (Å²) < 4.78 is 79.3. The van der Waals surface area contributed by atoms with Crippen molar-refractivity contribution in [1.29, 1.82) is 0 Å². The first kappa shape index (κ1) is 34.0. The van der Waals surface area contributed by atoms with Crippen LogP contribution in [0.25, 0.3) is 5.65 Å². The number of nitrogens with zero attached hydrogens (tertiary/aromatic N) is 2. The number of hydrogen-bond acceptors (Lipinski definition) is 5. The van der Waals surface area contributed by atoms with Gasteiger partial charge in [0, 0.05) is 18.8 Å². The van der Waals surface area contributed by atoms with Crippen LogP contribution >= 0.6 is 11.6 Å². The van der Waals surface area contributed by atoms with Gasteiger partial charge in [-0.1, -0.05) is 17.7 Å². The molecule has 1 aromatic carbocycles. The highest BCUT2D eigenvalue weighted by molar-refractivity contribution is 6.30. The van der Waals surface area contributed by atoms with E-state index in [1.54, 1.807) is 13.8 Å². The van der Waals surface area contributed by atoms with E-state index in [2.05, 4.69) is 15.6 Å². The summed E-state index contributed by atoms with van der Waals surface area (Å²) >= 11 is 6.20. The van der Waals surface area contributed by atoms with Crippen LogP contribution in [0.4, 0.5) is 31.1 Å². The maximum Gasteiger partial charge on any atom is 0.490 e. The molecule has 3 rings (SSSR count). The van der Waals surface area contributed by atoms with Crippen LogP contribution in [-0.4, -0.2) is 62.5 Å². The Morgan fingerprint density at radius 3 is 2.26 bits per heavy atom. The van der Waals surface area contributed by atoms with Crippen LogP contribution in [0.2, 0.25) is 5.02 Å². The first-order valence-electron chi connectivity index (χ1n) is 11.9. The minimum atomic E-state index is -5.08. The number of alkyl halides is 4. The largest absolute Gasteiger partial charge is 0.490 e. The highest BCUT2D eigenvalue weighted by Gasteiger charge is 2.38. The number of hydrogen-bond donors (Lipinski definition) is 4. The second-order valence-electron chi connectivity index (χ2n) is 9.02. The number of carboxylic acids is 1. The van der Waals surface area contributed by atoms with Gasteiger partial charge in [0.25, 0.3) is 5.91 Å². The van der Waals surface area contributed by atoms with Gasteiger partial charge in [0.1, 0.15) is 23.9 Å². The molecule has 1 unspecified atom stereocenters. The Morgan fingerprint density at radius 1 is 1.14 bits per heavy atom. The molecular formula is C25H25ClF6N4O6. The van der Waals surface area contributed by atoms with Gasteiger partial charge in [-0.2, -0.15) is 13.2 Å². The number of benzene rings is 1. The van der Waals surface area contributed by atoms with Gasteiger partial charge in [0.15, 0.2) is 11.4 Å². The maximum atomic E-state index is 14.0. The number of pyridine rings is 1. The number of aliphatic carboxylic acids is 1. The zero-order chi connectivity index (χ0) is 31.8. The van der Waals surface area contributed by atoms with Crippen molar-refractivity contribution in [3.05, 3.63) is 64.1 Å². The van der Waals surface area contributed by atoms with E-state index in [4.69, 9.17) is 31.3 Å². The van der Waals surface area contributed by atoms with Crippen LogP contribution in [0.3, 0.4) is 0 Å². The highest BCUT2D eigenvalue weighted by atomic mass is 35.5. The Hall–Kier alpha value is -4.21. The highest BCUT2D eigenvalue weighted by Crippen LogP contribution is 2.28. The molecule has 1 atom stereocenters. The summed E-state index contributed by atoms with van der Waals surface area (Å²) in [5.74, 6) is -4.78. The van der Waals surface area contributed by atoms with Crippen LogP contribution < -0.4 is 15.4 Å². The fraction of sp³-hybridized carbons (Fsp3) is 0.360. The fourth-order valence-electron chi connectivity index (χ4n) is 3.67. The quantitative estimate of drug-likeness (QED) is 0.224.